The van der Waals surface area contributed by atoms with Crippen LogP contribution in [0.2, 0.25) is 0 Å². The van der Waals surface area contributed by atoms with Crippen LogP contribution < -0.4 is 25.4 Å². The van der Waals surface area contributed by atoms with Crippen LogP contribution in [0.4, 0.5) is 27.6 Å². The molecule has 2 rings (SSSR count). The molecule has 2 atom stereocenters. The van der Waals surface area contributed by atoms with Gasteiger partial charge in [-0.05, 0) is 51.0 Å². The second-order valence-corrected chi connectivity index (χ2v) is 10.8. The summed E-state index contributed by atoms with van der Waals surface area (Å²) in [5.41, 5.74) is -0.875. The van der Waals surface area contributed by atoms with Gasteiger partial charge in [0, 0.05) is 11.8 Å². The third-order valence-electron chi connectivity index (χ3n) is 5.70. The summed E-state index contributed by atoms with van der Waals surface area (Å²) >= 11 is 0. The van der Waals surface area contributed by atoms with E-state index in [0.717, 1.165) is 0 Å². The highest BCUT2D eigenvalue weighted by Gasteiger charge is 2.33. The van der Waals surface area contributed by atoms with Crippen LogP contribution in [0.1, 0.15) is 41.0 Å². The van der Waals surface area contributed by atoms with Gasteiger partial charge in [-0.2, -0.15) is 8.78 Å². The van der Waals surface area contributed by atoms with Crippen LogP contribution in [-0.4, -0.2) is 60.6 Å². The van der Waals surface area contributed by atoms with Gasteiger partial charge < -0.3 is 30.2 Å². The molecule has 0 bridgehead atoms. The van der Waals surface area contributed by atoms with E-state index >= 15 is 0 Å². The van der Waals surface area contributed by atoms with Crippen LogP contribution >= 0.6 is 0 Å². The zero-order valence-electron chi connectivity index (χ0n) is 24.9. The number of alkyl halides is 1. The molecule has 45 heavy (non-hydrogen) atoms. The first kappa shape index (κ1) is 36.4. The first-order chi connectivity index (χ1) is 20.9. The maximum absolute atomic E-state index is 14.0. The Morgan fingerprint density at radius 3 is 1.93 bits per heavy atom. The zero-order chi connectivity index (χ0) is 34.1. The summed E-state index contributed by atoms with van der Waals surface area (Å²) in [5.74, 6) is -15.1. The molecule has 0 aliphatic carbocycles. The SMILES string of the molecule is CC(C)[C@H](NC(=O)C(=O)Nc1ccc(OCF)cc1)C(=O)NC(CC(=O)OC(C)(C)C)C(=O)COc1c(F)c(F)cc(F)c1F. The summed E-state index contributed by atoms with van der Waals surface area (Å²) in [6.07, 6.45) is -0.810. The molecular formula is C29H32F5N3O8. The highest BCUT2D eigenvalue weighted by atomic mass is 19.2. The number of anilines is 1. The lowest BCUT2D eigenvalue weighted by atomic mass is 10.0. The van der Waals surface area contributed by atoms with Gasteiger partial charge in [0.05, 0.1) is 6.42 Å². The smallest absolute Gasteiger partial charge is 0.313 e. The molecule has 16 heteroatoms. The Morgan fingerprint density at radius 2 is 1.42 bits per heavy atom. The quantitative estimate of drug-likeness (QED) is 0.130. The number of halogens is 5. The van der Waals surface area contributed by atoms with Crippen molar-refractivity contribution >= 4 is 35.2 Å². The Kier molecular flexibility index (Phi) is 12.8. The first-order valence-corrected chi connectivity index (χ1v) is 13.3. The molecule has 0 aliphatic heterocycles. The van der Waals surface area contributed by atoms with Crippen LogP contribution in [0.3, 0.4) is 0 Å². The molecule has 0 saturated carbocycles. The lowest BCUT2D eigenvalue weighted by molar-refractivity contribution is -0.156. The molecular weight excluding hydrogens is 613 g/mol. The highest BCUT2D eigenvalue weighted by Crippen LogP contribution is 2.26. The maximum atomic E-state index is 14.0. The summed E-state index contributed by atoms with van der Waals surface area (Å²) in [4.78, 5) is 63.7. The minimum Gasteiger partial charge on any atom is -0.479 e. The zero-order valence-corrected chi connectivity index (χ0v) is 24.9. The molecule has 0 aliphatic rings. The average molecular weight is 646 g/mol. The molecule has 0 aromatic heterocycles. The number of Topliss-reactive ketones (excluding diaryl/α,β-unsaturated/α-hetero) is 1. The van der Waals surface area contributed by atoms with Crippen molar-refractivity contribution in [1.29, 1.82) is 0 Å². The number of ketones is 1. The van der Waals surface area contributed by atoms with Crippen LogP contribution in [0.25, 0.3) is 0 Å². The number of nitrogens with one attached hydrogen (secondary N) is 3. The van der Waals surface area contributed by atoms with Crippen molar-refractivity contribution < 1.29 is 60.1 Å². The van der Waals surface area contributed by atoms with Crippen molar-refractivity contribution in [3.63, 3.8) is 0 Å². The predicted octanol–water partition coefficient (Wildman–Crippen LogP) is 3.49. The van der Waals surface area contributed by atoms with Gasteiger partial charge in [-0.1, -0.05) is 13.8 Å². The van der Waals surface area contributed by atoms with E-state index in [2.05, 4.69) is 25.4 Å². The van der Waals surface area contributed by atoms with Crippen LogP contribution in [0.5, 0.6) is 11.5 Å². The Balaban J connectivity index is 2.20. The second-order valence-electron chi connectivity index (χ2n) is 10.8. The molecule has 0 spiro atoms. The first-order valence-electron chi connectivity index (χ1n) is 13.3. The summed E-state index contributed by atoms with van der Waals surface area (Å²) in [5, 5.41) is 6.70. The normalized spacial score (nSPS) is 12.5. The Bertz CT molecular complexity index is 1390. The Labute approximate surface area is 254 Å². The average Bonchev–Trinajstić information content (AvgIpc) is 2.94. The number of carbonyl (C=O) groups is 5. The number of carbonyl (C=O) groups excluding carboxylic acids is 5. The predicted molar refractivity (Wildman–Crippen MR) is 148 cm³/mol. The molecule has 1 unspecified atom stereocenters. The van der Waals surface area contributed by atoms with Gasteiger partial charge in [-0.15, -0.1) is 0 Å². The summed E-state index contributed by atoms with van der Waals surface area (Å²) in [6.45, 7) is 5.22. The highest BCUT2D eigenvalue weighted by molar-refractivity contribution is 6.40. The number of amides is 3. The van der Waals surface area contributed by atoms with E-state index in [1.165, 1.54) is 58.9 Å². The fraction of sp³-hybridized carbons (Fsp3) is 0.414. The molecule has 0 radical (unpaired) electrons. The van der Waals surface area contributed by atoms with Crippen molar-refractivity contribution in [3.05, 3.63) is 53.6 Å². The van der Waals surface area contributed by atoms with Gasteiger partial charge in [-0.3, -0.25) is 24.0 Å². The molecule has 11 nitrogen and oxygen atoms in total. The number of hydrogen-bond donors (Lipinski definition) is 3. The standard InChI is InChI=1S/C29H32F5N3O8/c1-14(2)24(37-28(42)27(41)35-15-6-8-16(9-7-15)44-13-30)26(40)36-19(11-21(39)45-29(3,4)5)20(38)12-43-25-22(33)17(31)10-18(32)23(25)34/h6-10,14,19,24H,11-13H2,1-5H3,(H,35,41)(H,36,40)(H,37,42)/t19?,24-/m0/s1. The van der Waals surface area contributed by atoms with Gasteiger partial charge in [0.1, 0.15) is 30.0 Å². The fourth-order valence-electron chi connectivity index (χ4n) is 3.61. The molecule has 246 valence electrons. The molecule has 3 amide bonds. The number of ether oxygens (including phenoxy) is 3. The van der Waals surface area contributed by atoms with Gasteiger partial charge in [0.15, 0.2) is 23.2 Å². The number of benzene rings is 2. The number of rotatable bonds is 13. The van der Waals surface area contributed by atoms with Crippen LogP contribution in [0.15, 0.2) is 30.3 Å². The van der Waals surface area contributed by atoms with Crippen LogP contribution in [-0.2, 0) is 28.7 Å². The van der Waals surface area contributed by atoms with Gasteiger partial charge >= 0.3 is 17.8 Å². The summed E-state index contributed by atoms with van der Waals surface area (Å²) in [6, 6.07) is 2.03. The van der Waals surface area contributed by atoms with Crippen molar-refractivity contribution in [2.75, 3.05) is 18.8 Å². The maximum Gasteiger partial charge on any atom is 0.313 e. The third kappa shape index (κ3) is 11.0. The van der Waals surface area contributed by atoms with E-state index < -0.39 is 102 Å². The van der Waals surface area contributed by atoms with E-state index in [1.54, 1.807) is 0 Å². The van der Waals surface area contributed by atoms with Crippen LogP contribution in [0, 0.1) is 29.2 Å². The minimum absolute atomic E-state index is 0.0643. The molecule has 0 heterocycles. The lowest BCUT2D eigenvalue weighted by Crippen LogP contribution is -2.56. The third-order valence-corrected chi connectivity index (χ3v) is 5.70. The molecule has 0 fully saturated rings. The fourth-order valence-corrected chi connectivity index (χ4v) is 3.61. The summed E-state index contributed by atoms with van der Waals surface area (Å²) < 4.78 is 81.9. The van der Waals surface area contributed by atoms with E-state index in [-0.39, 0.29) is 17.5 Å². The lowest BCUT2D eigenvalue weighted by Gasteiger charge is -2.26. The van der Waals surface area contributed by atoms with Gasteiger partial charge in [0.25, 0.3) is 0 Å². The second kappa shape index (κ2) is 15.8. The molecule has 3 N–H and O–H groups in total. The van der Waals surface area contributed by atoms with Crippen molar-refractivity contribution in [2.24, 2.45) is 5.92 Å². The van der Waals surface area contributed by atoms with E-state index in [1.807, 2.05) is 0 Å². The Hall–Kier alpha value is -4.76. The van der Waals surface area contributed by atoms with Gasteiger partial charge in [0.2, 0.25) is 24.4 Å². The number of esters is 1. The molecule has 2 aromatic carbocycles. The summed E-state index contributed by atoms with van der Waals surface area (Å²) in [7, 11) is 0. The minimum atomic E-state index is -1.92. The monoisotopic (exact) mass is 645 g/mol. The van der Waals surface area contributed by atoms with Crippen molar-refractivity contribution in [1.82, 2.24) is 10.6 Å². The van der Waals surface area contributed by atoms with Crippen molar-refractivity contribution in [2.45, 2.75) is 58.7 Å². The van der Waals surface area contributed by atoms with E-state index in [9.17, 15) is 45.9 Å². The molecule has 2 aromatic rings. The van der Waals surface area contributed by atoms with Crippen molar-refractivity contribution in [3.8, 4) is 11.5 Å². The van der Waals surface area contributed by atoms with E-state index in [4.69, 9.17) is 4.74 Å². The van der Waals surface area contributed by atoms with Gasteiger partial charge in [-0.25, -0.2) is 13.2 Å². The molecule has 0 saturated heterocycles. The topological polar surface area (TPSA) is 149 Å². The Morgan fingerprint density at radius 1 is 0.844 bits per heavy atom. The van der Waals surface area contributed by atoms with E-state index in [0.29, 0.717) is 0 Å². The largest absolute Gasteiger partial charge is 0.479 e. The number of hydrogen-bond acceptors (Lipinski definition) is 8.